The van der Waals surface area contributed by atoms with E-state index in [1.165, 1.54) is 11.1 Å². The van der Waals surface area contributed by atoms with Crippen molar-refractivity contribution in [2.24, 2.45) is 0 Å². The molecule has 2 heteroatoms. The first-order chi connectivity index (χ1) is 7.72. The van der Waals surface area contributed by atoms with Crippen LogP contribution in [0, 0.1) is 0 Å². The summed E-state index contributed by atoms with van der Waals surface area (Å²) in [6.45, 7) is 6.33. The lowest BCUT2D eigenvalue weighted by Crippen LogP contribution is -2.09. The third kappa shape index (κ3) is 2.01. The van der Waals surface area contributed by atoms with Gasteiger partial charge in [0, 0.05) is 5.92 Å². The van der Waals surface area contributed by atoms with Gasteiger partial charge in [0.15, 0.2) is 0 Å². The Hall–Kier alpha value is -1.57. The topological polar surface area (TPSA) is 26.3 Å². The Balaban J connectivity index is 2.16. The predicted molar refractivity (Wildman–Crippen MR) is 63.3 cm³/mol. The molecule has 1 aliphatic carbocycles. The number of carbonyl (C=O) groups excluding carboxylic acids is 1. The van der Waals surface area contributed by atoms with Crippen LogP contribution in [-0.4, -0.2) is 12.6 Å². The number of benzene rings is 1. The Labute approximate surface area is 95.9 Å². The van der Waals surface area contributed by atoms with Gasteiger partial charge in [0.1, 0.15) is 0 Å². The van der Waals surface area contributed by atoms with Crippen molar-refractivity contribution in [2.45, 2.75) is 25.7 Å². The van der Waals surface area contributed by atoms with E-state index in [0.29, 0.717) is 13.0 Å². The average Bonchev–Trinajstić information content (AvgIpc) is 2.56. The molecule has 2 rings (SSSR count). The molecule has 0 amide bonds. The van der Waals surface area contributed by atoms with Crippen LogP contribution in [0.1, 0.15) is 30.4 Å². The maximum absolute atomic E-state index is 11.5. The van der Waals surface area contributed by atoms with Crippen LogP contribution < -0.4 is 0 Å². The van der Waals surface area contributed by atoms with E-state index in [1.807, 2.05) is 19.1 Å². The van der Waals surface area contributed by atoms with Crippen molar-refractivity contribution in [3.63, 3.8) is 0 Å². The maximum Gasteiger partial charge on any atom is 0.306 e. The van der Waals surface area contributed by atoms with Gasteiger partial charge in [0.05, 0.1) is 13.0 Å². The molecule has 0 saturated carbocycles. The van der Waals surface area contributed by atoms with E-state index in [9.17, 15) is 4.79 Å². The van der Waals surface area contributed by atoms with Crippen LogP contribution in [-0.2, 0) is 16.0 Å². The average molecular weight is 216 g/mol. The van der Waals surface area contributed by atoms with E-state index >= 15 is 0 Å². The molecule has 0 bridgehead atoms. The van der Waals surface area contributed by atoms with Gasteiger partial charge in [-0.25, -0.2) is 0 Å². The standard InChI is InChI=1S/C14H16O2/c1-3-16-14(15)9-13-10(2)8-11-6-4-5-7-12(11)13/h4-7,13H,2-3,8-9H2,1H3. The van der Waals surface area contributed by atoms with Crippen LogP contribution >= 0.6 is 0 Å². The van der Waals surface area contributed by atoms with Gasteiger partial charge < -0.3 is 4.74 Å². The number of ether oxygens (including phenoxy) is 1. The van der Waals surface area contributed by atoms with Crippen molar-refractivity contribution in [2.75, 3.05) is 6.61 Å². The number of esters is 1. The molecule has 0 radical (unpaired) electrons. The predicted octanol–water partition coefficient (Wildman–Crippen LogP) is 2.84. The highest BCUT2D eigenvalue weighted by molar-refractivity contribution is 5.72. The van der Waals surface area contributed by atoms with Crippen LogP contribution in [0.25, 0.3) is 0 Å². The fraction of sp³-hybridized carbons (Fsp3) is 0.357. The van der Waals surface area contributed by atoms with Crippen molar-refractivity contribution >= 4 is 5.97 Å². The molecule has 0 saturated heterocycles. The van der Waals surface area contributed by atoms with Crippen molar-refractivity contribution in [3.8, 4) is 0 Å². The van der Waals surface area contributed by atoms with Gasteiger partial charge in [-0.2, -0.15) is 0 Å². The van der Waals surface area contributed by atoms with Crippen molar-refractivity contribution < 1.29 is 9.53 Å². The summed E-state index contributed by atoms with van der Waals surface area (Å²) in [6.07, 6.45) is 1.31. The molecule has 1 atom stereocenters. The van der Waals surface area contributed by atoms with E-state index in [1.54, 1.807) is 0 Å². The lowest BCUT2D eigenvalue weighted by atomic mass is 9.95. The minimum atomic E-state index is -0.134. The molecular weight excluding hydrogens is 200 g/mol. The fourth-order valence-corrected chi connectivity index (χ4v) is 2.26. The number of carbonyl (C=O) groups is 1. The van der Waals surface area contributed by atoms with Gasteiger partial charge in [-0.3, -0.25) is 4.79 Å². The largest absolute Gasteiger partial charge is 0.466 e. The van der Waals surface area contributed by atoms with Crippen molar-refractivity contribution in [1.29, 1.82) is 0 Å². The number of rotatable bonds is 3. The Morgan fingerprint density at radius 1 is 1.50 bits per heavy atom. The summed E-state index contributed by atoms with van der Waals surface area (Å²) in [5.74, 6) is 0.0144. The SMILES string of the molecule is C=C1Cc2ccccc2C1CC(=O)OCC. The van der Waals surface area contributed by atoms with Crippen LogP contribution in [0.2, 0.25) is 0 Å². The molecule has 0 aliphatic heterocycles. The van der Waals surface area contributed by atoms with Gasteiger partial charge in [-0.1, -0.05) is 36.4 Å². The summed E-state index contributed by atoms with van der Waals surface area (Å²) in [6, 6.07) is 8.22. The monoisotopic (exact) mass is 216 g/mol. The first-order valence-corrected chi connectivity index (χ1v) is 5.63. The van der Waals surface area contributed by atoms with E-state index in [2.05, 4.69) is 18.7 Å². The molecule has 1 unspecified atom stereocenters. The Morgan fingerprint density at radius 2 is 2.25 bits per heavy atom. The molecule has 0 fully saturated rings. The molecule has 84 valence electrons. The van der Waals surface area contributed by atoms with Gasteiger partial charge in [0.2, 0.25) is 0 Å². The highest BCUT2D eigenvalue weighted by Gasteiger charge is 2.27. The Kier molecular flexibility index (Phi) is 3.09. The molecule has 1 aliphatic rings. The molecule has 2 nitrogen and oxygen atoms in total. The van der Waals surface area contributed by atoms with Crippen molar-refractivity contribution in [3.05, 3.63) is 47.5 Å². The zero-order chi connectivity index (χ0) is 11.5. The summed E-state index contributed by atoms with van der Waals surface area (Å²) < 4.78 is 4.99. The molecule has 16 heavy (non-hydrogen) atoms. The van der Waals surface area contributed by atoms with E-state index in [4.69, 9.17) is 4.74 Å². The number of hydrogen-bond donors (Lipinski definition) is 0. The maximum atomic E-state index is 11.5. The van der Waals surface area contributed by atoms with Crippen LogP contribution in [0.4, 0.5) is 0 Å². The summed E-state index contributed by atoms with van der Waals surface area (Å²) in [5.41, 5.74) is 3.65. The van der Waals surface area contributed by atoms with Gasteiger partial charge in [-0.15, -0.1) is 0 Å². The lowest BCUT2D eigenvalue weighted by molar-refractivity contribution is -0.143. The molecule has 0 spiro atoms. The molecule has 1 aromatic rings. The lowest BCUT2D eigenvalue weighted by Gasteiger charge is -2.11. The van der Waals surface area contributed by atoms with E-state index in [-0.39, 0.29) is 11.9 Å². The minimum Gasteiger partial charge on any atom is -0.466 e. The second-order valence-electron chi connectivity index (χ2n) is 4.10. The second kappa shape index (κ2) is 4.52. The zero-order valence-corrected chi connectivity index (χ0v) is 9.53. The van der Waals surface area contributed by atoms with Crippen LogP contribution in [0.3, 0.4) is 0 Å². The highest BCUT2D eigenvalue weighted by atomic mass is 16.5. The quantitative estimate of drug-likeness (QED) is 0.573. The van der Waals surface area contributed by atoms with Crippen LogP contribution in [0.15, 0.2) is 36.4 Å². The van der Waals surface area contributed by atoms with E-state index < -0.39 is 0 Å². The van der Waals surface area contributed by atoms with Crippen molar-refractivity contribution in [1.82, 2.24) is 0 Å². The Bertz CT molecular complexity index is 420. The number of allylic oxidation sites excluding steroid dienone is 1. The Morgan fingerprint density at radius 3 is 3.00 bits per heavy atom. The summed E-state index contributed by atoms with van der Waals surface area (Å²) in [7, 11) is 0. The third-order valence-electron chi connectivity index (χ3n) is 3.02. The van der Waals surface area contributed by atoms with Gasteiger partial charge in [0.25, 0.3) is 0 Å². The summed E-state index contributed by atoms with van der Waals surface area (Å²) >= 11 is 0. The second-order valence-corrected chi connectivity index (χ2v) is 4.10. The molecule has 0 N–H and O–H groups in total. The minimum absolute atomic E-state index is 0.134. The fourth-order valence-electron chi connectivity index (χ4n) is 2.26. The van der Waals surface area contributed by atoms with E-state index in [0.717, 1.165) is 12.0 Å². The summed E-state index contributed by atoms with van der Waals surface area (Å²) in [4.78, 5) is 11.5. The highest BCUT2D eigenvalue weighted by Crippen LogP contribution is 2.38. The van der Waals surface area contributed by atoms with Gasteiger partial charge in [-0.05, 0) is 24.5 Å². The molecule has 0 heterocycles. The smallest absolute Gasteiger partial charge is 0.306 e. The summed E-state index contributed by atoms with van der Waals surface area (Å²) in [5, 5.41) is 0. The third-order valence-corrected chi connectivity index (χ3v) is 3.02. The van der Waals surface area contributed by atoms with Gasteiger partial charge >= 0.3 is 5.97 Å². The molecule has 1 aromatic carbocycles. The first kappa shape index (κ1) is 10.9. The number of fused-ring (bicyclic) bond motifs is 1. The number of hydrogen-bond acceptors (Lipinski definition) is 2. The normalized spacial score (nSPS) is 18.3. The van der Waals surface area contributed by atoms with Crippen LogP contribution in [0.5, 0.6) is 0 Å². The zero-order valence-electron chi connectivity index (χ0n) is 9.53. The first-order valence-electron chi connectivity index (χ1n) is 5.63. The molecule has 0 aromatic heterocycles. The molecular formula is C14H16O2.